The number of alkyl halides is 2. The van der Waals surface area contributed by atoms with Gasteiger partial charge in [-0.05, 0) is 81.1 Å². The minimum absolute atomic E-state index is 0.0296. The molecule has 0 amide bonds. The van der Waals surface area contributed by atoms with Gasteiger partial charge in [0.05, 0.1) is 54.8 Å². The molecule has 0 radical (unpaired) electrons. The summed E-state index contributed by atoms with van der Waals surface area (Å²) in [6, 6.07) is 4.12. The summed E-state index contributed by atoms with van der Waals surface area (Å²) < 4.78 is 33.9. The molecule has 3 aromatic rings. The molecule has 6 aliphatic rings. The van der Waals surface area contributed by atoms with Gasteiger partial charge in [-0.25, -0.2) is 18.7 Å². The maximum absolute atomic E-state index is 13.2. The van der Waals surface area contributed by atoms with E-state index in [0.717, 1.165) is 86.6 Å². The Bertz CT molecular complexity index is 1450. The van der Waals surface area contributed by atoms with Crippen molar-refractivity contribution in [3.63, 3.8) is 0 Å². The van der Waals surface area contributed by atoms with Crippen LogP contribution in [0.2, 0.25) is 5.02 Å². The molecule has 9 rings (SSSR count). The summed E-state index contributed by atoms with van der Waals surface area (Å²) in [7, 11) is 0. The molecule has 11 heteroatoms. The van der Waals surface area contributed by atoms with Crippen molar-refractivity contribution >= 4 is 34.1 Å². The third kappa shape index (κ3) is 4.05. The van der Waals surface area contributed by atoms with Gasteiger partial charge >= 0.3 is 0 Å². The highest BCUT2D eigenvalue weighted by atomic mass is 35.5. The summed E-state index contributed by atoms with van der Waals surface area (Å²) in [5, 5.41) is 9.66. The van der Waals surface area contributed by atoms with E-state index in [2.05, 4.69) is 33.3 Å². The summed E-state index contributed by atoms with van der Waals surface area (Å²) in [6.07, 6.45) is 10.8. The SMILES string of the molecule is CC1(N2CCC(c3cc4nc(Nc5cnn(C67CC(CN8CC(F)(F)C8)(C6)C7)c5)ncc4cc3Cl)CC2)COC1. The summed E-state index contributed by atoms with van der Waals surface area (Å²) in [4.78, 5) is 13.8. The predicted octanol–water partition coefficient (Wildman–Crippen LogP) is 5.02. The van der Waals surface area contributed by atoms with Gasteiger partial charge in [-0.2, -0.15) is 5.10 Å². The highest BCUT2D eigenvalue weighted by molar-refractivity contribution is 6.32. The second-order valence-corrected chi connectivity index (χ2v) is 13.8. The topological polar surface area (TPSA) is 71.3 Å². The molecule has 5 heterocycles. The van der Waals surface area contributed by atoms with Crippen LogP contribution in [0.5, 0.6) is 0 Å². The molecule has 3 saturated carbocycles. The Kier molecular flexibility index (Phi) is 5.42. The van der Waals surface area contributed by atoms with Crippen molar-refractivity contribution in [2.45, 2.75) is 61.9 Å². The molecule has 1 N–H and O–H groups in total. The zero-order valence-electron chi connectivity index (χ0n) is 22.7. The minimum Gasteiger partial charge on any atom is -0.377 e. The van der Waals surface area contributed by atoms with E-state index in [-0.39, 0.29) is 29.6 Å². The molecular weight excluding hydrogens is 536 g/mol. The molecule has 2 aromatic heterocycles. The number of anilines is 2. The van der Waals surface area contributed by atoms with Gasteiger partial charge < -0.3 is 10.1 Å². The number of aromatic nitrogens is 4. The number of halogens is 3. The number of likely N-dealkylation sites (tertiary alicyclic amines) is 2. The van der Waals surface area contributed by atoms with Crippen LogP contribution in [-0.2, 0) is 10.3 Å². The highest BCUT2D eigenvalue weighted by Crippen LogP contribution is 2.71. The van der Waals surface area contributed by atoms with Crippen LogP contribution in [0.1, 0.15) is 50.5 Å². The molecule has 0 spiro atoms. The van der Waals surface area contributed by atoms with E-state index in [1.165, 1.54) is 5.56 Å². The van der Waals surface area contributed by atoms with Gasteiger partial charge in [-0.1, -0.05) is 11.6 Å². The molecular formula is C29H34ClF2N7O. The number of piperidine rings is 1. The van der Waals surface area contributed by atoms with Gasteiger partial charge in [-0.15, -0.1) is 0 Å². The van der Waals surface area contributed by atoms with Gasteiger partial charge in [0.15, 0.2) is 0 Å². The second-order valence-electron chi connectivity index (χ2n) is 13.4. The first kappa shape index (κ1) is 25.3. The first-order valence-corrected chi connectivity index (χ1v) is 14.7. The second kappa shape index (κ2) is 8.56. The smallest absolute Gasteiger partial charge is 0.272 e. The quantitative estimate of drug-likeness (QED) is 0.428. The van der Waals surface area contributed by atoms with Crippen molar-refractivity contribution < 1.29 is 13.5 Å². The van der Waals surface area contributed by atoms with Crippen LogP contribution in [0.3, 0.4) is 0 Å². The fourth-order valence-corrected chi connectivity index (χ4v) is 8.40. The van der Waals surface area contributed by atoms with Gasteiger partial charge in [0.1, 0.15) is 0 Å². The van der Waals surface area contributed by atoms with E-state index in [1.54, 1.807) is 0 Å². The van der Waals surface area contributed by atoms with Crippen molar-refractivity contribution in [2.75, 3.05) is 51.3 Å². The fourth-order valence-electron chi connectivity index (χ4n) is 8.07. The third-order valence-electron chi connectivity index (χ3n) is 10.1. The lowest BCUT2D eigenvalue weighted by Gasteiger charge is -2.71. The van der Waals surface area contributed by atoms with Crippen LogP contribution in [0, 0.1) is 5.41 Å². The molecule has 212 valence electrons. The summed E-state index contributed by atoms with van der Waals surface area (Å²) in [5.41, 5.74) is 3.30. The molecule has 3 aliphatic carbocycles. The number of fused-ring (bicyclic) bond motifs is 1. The minimum atomic E-state index is -2.50. The molecule has 2 bridgehead atoms. The molecule has 40 heavy (non-hydrogen) atoms. The van der Waals surface area contributed by atoms with Crippen molar-refractivity contribution in [3.8, 4) is 0 Å². The van der Waals surface area contributed by atoms with Crippen LogP contribution in [0.15, 0.2) is 30.7 Å². The zero-order valence-corrected chi connectivity index (χ0v) is 23.4. The van der Waals surface area contributed by atoms with Crippen molar-refractivity contribution in [2.24, 2.45) is 5.41 Å². The van der Waals surface area contributed by atoms with E-state index in [9.17, 15) is 8.78 Å². The van der Waals surface area contributed by atoms with Crippen LogP contribution in [0.25, 0.3) is 10.9 Å². The molecule has 0 atom stereocenters. The first-order chi connectivity index (χ1) is 19.1. The maximum Gasteiger partial charge on any atom is 0.272 e. The summed E-state index contributed by atoms with van der Waals surface area (Å²) in [6.45, 7) is 6.64. The number of ether oxygens (including phenoxy) is 1. The van der Waals surface area contributed by atoms with Gasteiger partial charge in [-0.3, -0.25) is 14.5 Å². The van der Waals surface area contributed by atoms with Crippen LogP contribution in [0.4, 0.5) is 20.4 Å². The number of nitrogens with zero attached hydrogens (tertiary/aromatic N) is 6. The average Bonchev–Trinajstić information content (AvgIpc) is 3.30. The molecule has 0 unspecified atom stereocenters. The van der Waals surface area contributed by atoms with Crippen molar-refractivity contribution in [1.82, 2.24) is 29.5 Å². The largest absolute Gasteiger partial charge is 0.377 e. The van der Waals surface area contributed by atoms with Crippen LogP contribution < -0.4 is 5.32 Å². The zero-order chi connectivity index (χ0) is 27.3. The molecule has 3 aliphatic heterocycles. The van der Waals surface area contributed by atoms with E-state index >= 15 is 0 Å². The lowest BCUT2D eigenvalue weighted by Crippen LogP contribution is -2.73. The molecule has 6 fully saturated rings. The Morgan fingerprint density at radius 3 is 2.52 bits per heavy atom. The van der Waals surface area contributed by atoms with Gasteiger partial charge in [0.25, 0.3) is 5.92 Å². The fraction of sp³-hybridized carbons (Fsp3) is 0.621. The predicted molar refractivity (Wildman–Crippen MR) is 148 cm³/mol. The Hall–Kier alpha value is -2.40. The van der Waals surface area contributed by atoms with Gasteiger partial charge in [0.2, 0.25) is 5.95 Å². The highest BCUT2D eigenvalue weighted by Gasteiger charge is 2.70. The number of nitrogens with one attached hydrogen (secondary N) is 1. The Morgan fingerprint density at radius 1 is 1.10 bits per heavy atom. The molecule has 1 aromatic carbocycles. The third-order valence-corrected chi connectivity index (χ3v) is 10.5. The number of rotatable bonds is 7. The Balaban J connectivity index is 0.927. The van der Waals surface area contributed by atoms with Crippen LogP contribution in [-0.4, -0.2) is 86.9 Å². The summed E-state index contributed by atoms with van der Waals surface area (Å²) in [5.74, 6) is -1.55. The first-order valence-electron chi connectivity index (χ1n) is 14.3. The van der Waals surface area contributed by atoms with Crippen LogP contribution >= 0.6 is 11.6 Å². The van der Waals surface area contributed by atoms with E-state index in [1.807, 2.05) is 34.2 Å². The van der Waals surface area contributed by atoms with E-state index in [4.69, 9.17) is 21.3 Å². The number of hydrogen-bond donors (Lipinski definition) is 1. The molecule has 8 nitrogen and oxygen atoms in total. The normalized spacial score (nSPS) is 31.2. The Morgan fingerprint density at radius 2 is 1.85 bits per heavy atom. The standard InChI is InChI=1S/C29H34ClF2N7O/c1-26(17-40-18-26)38-4-2-19(3-5-38)22-7-24-20(6-23(22)30)8-33-25(36-24)35-21-9-34-39(10-21)28-11-27(12-28,13-28)14-37-15-29(31,32)16-37/h6-10,19H,2-5,11-18H2,1H3,(H,33,35,36). The maximum atomic E-state index is 13.2. The van der Waals surface area contributed by atoms with Gasteiger partial charge in [0, 0.05) is 29.3 Å². The average molecular weight is 570 g/mol. The Labute approximate surface area is 237 Å². The lowest BCUT2D eigenvalue weighted by molar-refractivity contribution is -0.229. The van der Waals surface area contributed by atoms with E-state index in [0.29, 0.717) is 11.9 Å². The number of benzene rings is 1. The molecule has 3 saturated heterocycles. The number of hydrogen-bond acceptors (Lipinski definition) is 7. The van der Waals surface area contributed by atoms with Crippen molar-refractivity contribution in [1.29, 1.82) is 0 Å². The lowest BCUT2D eigenvalue weighted by atomic mass is 9.39. The summed E-state index contributed by atoms with van der Waals surface area (Å²) >= 11 is 6.75. The monoisotopic (exact) mass is 569 g/mol. The van der Waals surface area contributed by atoms with Crippen molar-refractivity contribution in [3.05, 3.63) is 41.3 Å². The van der Waals surface area contributed by atoms with E-state index < -0.39 is 5.92 Å².